The smallest absolute Gasteiger partial charge is 0.331 e. The minimum absolute atomic E-state index is 0.00535. The highest BCUT2D eigenvalue weighted by molar-refractivity contribution is 6.13. The first-order valence-electron chi connectivity index (χ1n) is 13.6. The molecule has 4 aromatic heterocycles. The van der Waals surface area contributed by atoms with Crippen LogP contribution in [0.25, 0.3) is 5.65 Å². The maximum atomic E-state index is 12.8. The molecule has 1 saturated heterocycles. The Morgan fingerprint density at radius 3 is 2.66 bits per heavy atom. The van der Waals surface area contributed by atoms with Gasteiger partial charge in [0.2, 0.25) is 17.8 Å². The Labute approximate surface area is 235 Å². The normalized spacial score (nSPS) is 20.1. The molecule has 41 heavy (non-hydrogen) atoms. The van der Waals surface area contributed by atoms with Crippen LogP contribution in [0.2, 0.25) is 0 Å². The number of hydrogen-bond donors (Lipinski definition) is 2. The Morgan fingerprint density at radius 2 is 1.90 bits per heavy atom. The first-order chi connectivity index (χ1) is 19.8. The topological polar surface area (TPSA) is 151 Å². The molecule has 0 bridgehead atoms. The molecule has 13 nitrogen and oxygen atoms in total. The van der Waals surface area contributed by atoms with Gasteiger partial charge in [0, 0.05) is 49.4 Å². The van der Waals surface area contributed by atoms with Gasteiger partial charge in [0.05, 0.1) is 17.9 Å². The van der Waals surface area contributed by atoms with Crippen LogP contribution in [0.4, 0.5) is 22.2 Å². The predicted octanol–water partition coefficient (Wildman–Crippen LogP) is 2.85. The summed E-state index contributed by atoms with van der Waals surface area (Å²) in [7, 11) is 1.49. The summed E-state index contributed by atoms with van der Waals surface area (Å²) in [6.45, 7) is 2.25. The van der Waals surface area contributed by atoms with E-state index in [2.05, 4.69) is 30.6 Å². The number of anilines is 3. The van der Waals surface area contributed by atoms with Gasteiger partial charge in [-0.3, -0.25) is 24.7 Å². The average molecular weight is 553 g/mol. The van der Waals surface area contributed by atoms with Gasteiger partial charge in [0.25, 0.3) is 0 Å². The second kappa shape index (κ2) is 9.61. The number of nitrogens with one attached hydrogen (secondary N) is 2. The van der Waals surface area contributed by atoms with Crippen molar-refractivity contribution in [2.75, 3.05) is 29.1 Å². The summed E-state index contributed by atoms with van der Waals surface area (Å²) in [6.07, 6.45) is 10.2. The summed E-state index contributed by atoms with van der Waals surface area (Å²) in [4.78, 5) is 62.5. The number of aromatic nitrogens is 6. The van der Waals surface area contributed by atoms with Crippen LogP contribution in [0.15, 0.2) is 43.0 Å². The zero-order valence-corrected chi connectivity index (χ0v) is 22.6. The lowest BCUT2D eigenvalue weighted by atomic mass is 10.1. The van der Waals surface area contributed by atoms with Crippen molar-refractivity contribution in [2.24, 2.45) is 5.92 Å². The number of amides is 4. The summed E-state index contributed by atoms with van der Waals surface area (Å²) in [6, 6.07) is 5.18. The number of nitrogens with zero attached hydrogens (tertiary/aromatic N) is 8. The van der Waals surface area contributed by atoms with E-state index >= 15 is 0 Å². The number of pyridine rings is 1. The first-order valence-corrected chi connectivity index (χ1v) is 13.6. The molecule has 208 valence electrons. The van der Waals surface area contributed by atoms with Gasteiger partial charge in [-0.05, 0) is 55.9 Å². The third-order valence-electron chi connectivity index (χ3n) is 7.74. The maximum Gasteiger partial charge on any atom is 0.331 e. The Hall–Kier alpha value is -4.94. The highest BCUT2D eigenvalue weighted by Crippen LogP contribution is 2.46. The molecule has 0 spiro atoms. The van der Waals surface area contributed by atoms with Gasteiger partial charge in [-0.15, -0.1) is 0 Å². The summed E-state index contributed by atoms with van der Waals surface area (Å²) >= 11 is 0. The Bertz CT molecular complexity index is 1710. The van der Waals surface area contributed by atoms with Crippen LogP contribution in [0.3, 0.4) is 0 Å². The maximum absolute atomic E-state index is 12.8. The lowest BCUT2D eigenvalue weighted by molar-refractivity contribution is -0.124. The molecule has 2 aliphatic carbocycles. The summed E-state index contributed by atoms with van der Waals surface area (Å²) in [5.74, 6) is 1.29. The van der Waals surface area contributed by atoms with Crippen molar-refractivity contribution in [1.29, 1.82) is 0 Å². The number of carbonyl (C=O) groups excluding carboxylic acids is 3. The summed E-state index contributed by atoms with van der Waals surface area (Å²) in [5, 5.41) is 6.05. The van der Waals surface area contributed by atoms with Crippen LogP contribution in [0.5, 0.6) is 0 Å². The SMILES string of the molecule is Cc1ccnc([C@H]2C[C@@H]2C(=O)Nc2nccc(NCc3cn4cc(C5CC5)cc(N5CC(=O)N(C)C5=O)c4n3)n2)n1. The van der Waals surface area contributed by atoms with Crippen molar-refractivity contribution < 1.29 is 14.4 Å². The van der Waals surface area contributed by atoms with Gasteiger partial charge < -0.3 is 9.72 Å². The molecule has 2 saturated carbocycles. The van der Waals surface area contributed by atoms with Gasteiger partial charge in [-0.1, -0.05) is 0 Å². The standard InChI is InChI=1S/C28H28N10O3/c1-15-5-7-29-24(32-15)19-10-20(19)26(40)35-27-30-8-6-22(34-27)31-11-18-13-37-12-17(16-3-4-16)9-21(25(37)33-18)38-14-23(39)36(2)28(38)41/h5-9,12-13,16,19-20H,3-4,10-11,14H2,1-2H3,(H2,30,31,34,35,40)/t19-,20-/m0/s1. The molecule has 0 aromatic carbocycles. The van der Waals surface area contributed by atoms with Crippen LogP contribution in [-0.4, -0.2) is 65.7 Å². The van der Waals surface area contributed by atoms with E-state index in [-0.39, 0.29) is 42.2 Å². The fraction of sp³-hybridized carbons (Fsp3) is 0.357. The molecular formula is C28H28N10O3. The number of carbonyl (C=O) groups is 3. The number of imide groups is 1. The Kier molecular flexibility index (Phi) is 5.87. The van der Waals surface area contributed by atoms with E-state index < -0.39 is 0 Å². The van der Waals surface area contributed by atoms with Crippen LogP contribution < -0.4 is 15.5 Å². The Morgan fingerprint density at radius 1 is 1.07 bits per heavy atom. The fourth-order valence-electron chi connectivity index (χ4n) is 5.18. The first kappa shape index (κ1) is 25.1. The van der Waals surface area contributed by atoms with Crippen molar-refractivity contribution in [3.63, 3.8) is 0 Å². The zero-order valence-electron chi connectivity index (χ0n) is 22.6. The number of imidazole rings is 1. The molecule has 7 rings (SSSR count). The summed E-state index contributed by atoms with van der Waals surface area (Å²) < 4.78 is 1.92. The van der Waals surface area contributed by atoms with Gasteiger partial charge in [-0.2, -0.15) is 4.98 Å². The van der Waals surface area contributed by atoms with Crippen molar-refractivity contribution >= 4 is 40.9 Å². The largest absolute Gasteiger partial charge is 0.364 e. The molecule has 5 heterocycles. The minimum Gasteiger partial charge on any atom is -0.364 e. The number of aryl methyl sites for hydroxylation is 1. The molecule has 4 amide bonds. The molecule has 3 fully saturated rings. The average Bonchev–Trinajstić information content (AvgIpc) is 3.89. The van der Waals surface area contributed by atoms with E-state index in [0.717, 1.165) is 34.7 Å². The number of urea groups is 1. The van der Waals surface area contributed by atoms with Gasteiger partial charge in [0.15, 0.2) is 5.65 Å². The quantitative estimate of drug-likeness (QED) is 0.315. The molecule has 3 aliphatic rings. The van der Waals surface area contributed by atoms with Crippen LogP contribution in [0.1, 0.15) is 53.9 Å². The van der Waals surface area contributed by atoms with Gasteiger partial charge in [-0.25, -0.2) is 24.7 Å². The predicted molar refractivity (Wildman–Crippen MR) is 148 cm³/mol. The lowest BCUT2D eigenvalue weighted by Crippen LogP contribution is -2.30. The molecular weight excluding hydrogens is 524 g/mol. The highest BCUT2D eigenvalue weighted by Gasteiger charge is 2.46. The van der Waals surface area contributed by atoms with Crippen LogP contribution >= 0.6 is 0 Å². The molecule has 13 heteroatoms. The molecule has 2 atom stereocenters. The number of likely N-dealkylation sites (N-methyl/N-ethyl adjacent to an activating group) is 1. The minimum atomic E-state index is -0.355. The second-order valence-corrected chi connectivity index (χ2v) is 10.8. The van der Waals surface area contributed by atoms with Crippen molar-refractivity contribution in [2.45, 2.75) is 44.6 Å². The number of fused-ring (bicyclic) bond motifs is 1. The van der Waals surface area contributed by atoms with E-state index in [1.54, 1.807) is 18.5 Å². The van der Waals surface area contributed by atoms with Gasteiger partial charge in [0.1, 0.15) is 18.2 Å². The van der Waals surface area contributed by atoms with E-state index in [4.69, 9.17) is 4.98 Å². The van der Waals surface area contributed by atoms with E-state index in [9.17, 15) is 14.4 Å². The molecule has 0 radical (unpaired) electrons. The van der Waals surface area contributed by atoms with Crippen molar-refractivity contribution in [3.8, 4) is 0 Å². The number of rotatable bonds is 8. The molecule has 1 aliphatic heterocycles. The molecule has 2 N–H and O–H groups in total. The van der Waals surface area contributed by atoms with E-state index in [1.165, 1.54) is 11.9 Å². The van der Waals surface area contributed by atoms with Crippen molar-refractivity contribution in [3.05, 3.63) is 65.8 Å². The van der Waals surface area contributed by atoms with Crippen LogP contribution in [-0.2, 0) is 16.1 Å². The van der Waals surface area contributed by atoms with Gasteiger partial charge >= 0.3 is 6.03 Å². The second-order valence-electron chi connectivity index (χ2n) is 10.8. The third-order valence-corrected chi connectivity index (χ3v) is 7.74. The zero-order chi connectivity index (χ0) is 28.2. The lowest BCUT2D eigenvalue weighted by Gasteiger charge is -2.17. The summed E-state index contributed by atoms with van der Waals surface area (Å²) in [5.41, 5.74) is 3.97. The van der Waals surface area contributed by atoms with E-state index in [0.29, 0.717) is 41.9 Å². The van der Waals surface area contributed by atoms with Crippen molar-refractivity contribution in [1.82, 2.24) is 34.2 Å². The highest BCUT2D eigenvalue weighted by atomic mass is 16.2. The third kappa shape index (κ3) is 4.83. The number of hydrogen-bond acceptors (Lipinski definition) is 9. The van der Waals surface area contributed by atoms with Crippen LogP contribution in [0, 0.1) is 12.8 Å². The molecule has 4 aromatic rings. The fourth-order valence-corrected chi connectivity index (χ4v) is 5.18. The van der Waals surface area contributed by atoms with E-state index in [1.807, 2.05) is 35.9 Å². The monoisotopic (exact) mass is 552 g/mol. The Balaban J connectivity index is 1.05. The molecule has 0 unspecified atom stereocenters.